The number of nitrogens with zero attached hydrogens (tertiary/aromatic N) is 1. The van der Waals surface area contributed by atoms with Gasteiger partial charge in [-0.3, -0.25) is 4.79 Å². The monoisotopic (exact) mass is 275 g/mol. The van der Waals surface area contributed by atoms with Crippen LogP contribution in [0.1, 0.15) is 38.2 Å². The van der Waals surface area contributed by atoms with Crippen LogP contribution in [-0.2, 0) is 11.3 Å². The second-order valence-corrected chi connectivity index (χ2v) is 5.56. The summed E-state index contributed by atoms with van der Waals surface area (Å²) in [6.07, 6.45) is 4.79. The van der Waals surface area contributed by atoms with E-state index in [-0.39, 0.29) is 5.91 Å². The third-order valence-corrected chi connectivity index (χ3v) is 3.60. The molecule has 1 fully saturated rings. The minimum Gasteiger partial charge on any atom is -0.368 e. The van der Waals surface area contributed by atoms with Crippen molar-refractivity contribution in [2.75, 3.05) is 18.0 Å². The molecule has 0 spiro atoms. The first-order valence-electron chi connectivity index (χ1n) is 7.54. The van der Waals surface area contributed by atoms with Gasteiger partial charge in [0.25, 0.3) is 0 Å². The lowest BCUT2D eigenvalue weighted by Gasteiger charge is -2.23. The fraction of sp³-hybridized carbons (Fsp3) is 0.562. The fourth-order valence-electron chi connectivity index (χ4n) is 2.21. The lowest BCUT2D eigenvalue weighted by Crippen LogP contribution is -2.34. The van der Waals surface area contributed by atoms with Crippen LogP contribution in [0.2, 0.25) is 0 Å². The highest BCUT2D eigenvalue weighted by atomic mass is 16.1. The Hall–Kier alpha value is -1.55. The maximum Gasteiger partial charge on any atom is 0.236 e. The average molecular weight is 275 g/mol. The van der Waals surface area contributed by atoms with Gasteiger partial charge in [0, 0.05) is 24.8 Å². The summed E-state index contributed by atoms with van der Waals surface area (Å²) in [6, 6.07) is 9.16. The molecule has 1 aliphatic carbocycles. The standard InChI is InChI=1S/C16H25N3O/c1-2-3-10-19(12-16(17)20)15-8-4-13(5-9-15)11-18-14-6-7-14/h4-5,8-9,14,18H,2-3,6-7,10-12H2,1H3,(H2,17,20). The van der Waals surface area contributed by atoms with Crippen molar-refractivity contribution in [2.45, 2.75) is 45.2 Å². The lowest BCUT2D eigenvalue weighted by atomic mass is 10.2. The molecule has 4 heteroatoms. The number of hydrogen-bond donors (Lipinski definition) is 2. The SMILES string of the molecule is CCCCN(CC(N)=O)c1ccc(CNC2CC2)cc1. The van der Waals surface area contributed by atoms with E-state index < -0.39 is 0 Å². The van der Waals surface area contributed by atoms with Crippen molar-refractivity contribution in [3.8, 4) is 0 Å². The Morgan fingerprint density at radius 2 is 2.05 bits per heavy atom. The largest absolute Gasteiger partial charge is 0.368 e. The molecule has 1 aromatic carbocycles. The summed E-state index contributed by atoms with van der Waals surface area (Å²) in [4.78, 5) is 13.2. The first-order chi connectivity index (χ1) is 9.69. The van der Waals surface area contributed by atoms with Crippen LogP contribution in [0.5, 0.6) is 0 Å². The predicted octanol–water partition coefficient (Wildman–Crippen LogP) is 2.03. The molecule has 1 saturated carbocycles. The summed E-state index contributed by atoms with van der Waals surface area (Å²) >= 11 is 0. The zero-order chi connectivity index (χ0) is 14.4. The van der Waals surface area contributed by atoms with E-state index in [0.717, 1.165) is 37.7 Å². The van der Waals surface area contributed by atoms with Gasteiger partial charge in [-0.1, -0.05) is 25.5 Å². The van der Waals surface area contributed by atoms with Crippen LogP contribution in [0.25, 0.3) is 0 Å². The highest BCUT2D eigenvalue weighted by Gasteiger charge is 2.19. The molecule has 1 amide bonds. The van der Waals surface area contributed by atoms with E-state index in [2.05, 4.69) is 41.4 Å². The highest BCUT2D eigenvalue weighted by molar-refractivity contribution is 5.79. The molecular weight excluding hydrogens is 250 g/mol. The third kappa shape index (κ3) is 4.85. The number of carbonyl (C=O) groups excluding carboxylic acids is 1. The van der Waals surface area contributed by atoms with Gasteiger partial charge < -0.3 is 16.0 Å². The van der Waals surface area contributed by atoms with E-state index in [1.807, 2.05) is 0 Å². The smallest absolute Gasteiger partial charge is 0.236 e. The normalized spacial score (nSPS) is 14.2. The van der Waals surface area contributed by atoms with Gasteiger partial charge in [-0.2, -0.15) is 0 Å². The quantitative estimate of drug-likeness (QED) is 0.725. The molecule has 4 nitrogen and oxygen atoms in total. The highest BCUT2D eigenvalue weighted by Crippen LogP contribution is 2.20. The molecule has 0 unspecified atom stereocenters. The van der Waals surface area contributed by atoms with E-state index >= 15 is 0 Å². The van der Waals surface area contributed by atoms with Crippen LogP contribution >= 0.6 is 0 Å². The van der Waals surface area contributed by atoms with E-state index in [0.29, 0.717) is 6.54 Å². The van der Waals surface area contributed by atoms with Crippen molar-refractivity contribution in [3.05, 3.63) is 29.8 Å². The number of carbonyl (C=O) groups is 1. The second-order valence-electron chi connectivity index (χ2n) is 5.56. The summed E-state index contributed by atoms with van der Waals surface area (Å²) in [5.74, 6) is -0.277. The number of amides is 1. The van der Waals surface area contributed by atoms with Crippen molar-refractivity contribution in [1.29, 1.82) is 0 Å². The molecule has 1 aromatic rings. The van der Waals surface area contributed by atoms with E-state index in [1.54, 1.807) is 0 Å². The van der Waals surface area contributed by atoms with Crippen LogP contribution < -0.4 is 16.0 Å². The third-order valence-electron chi connectivity index (χ3n) is 3.60. The maximum atomic E-state index is 11.2. The Bertz CT molecular complexity index is 426. The first-order valence-corrected chi connectivity index (χ1v) is 7.54. The molecule has 0 atom stereocenters. The molecular formula is C16H25N3O. The first kappa shape index (κ1) is 14.9. The van der Waals surface area contributed by atoms with E-state index in [9.17, 15) is 4.79 Å². The van der Waals surface area contributed by atoms with Gasteiger partial charge in [0.15, 0.2) is 0 Å². The Morgan fingerprint density at radius 3 is 2.60 bits per heavy atom. The van der Waals surface area contributed by atoms with Gasteiger partial charge in [0.1, 0.15) is 0 Å². The summed E-state index contributed by atoms with van der Waals surface area (Å²) in [7, 11) is 0. The second kappa shape index (κ2) is 7.29. The lowest BCUT2D eigenvalue weighted by molar-refractivity contribution is -0.116. The number of anilines is 1. The van der Waals surface area contributed by atoms with Gasteiger partial charge >= 0.3 is 0 Å². The number of nitrogens with one attached hydrogen (secondary N) is 1. The van der Waals surface area contributed by atoms with Crippen LogP contribution in [0.3, 0.4) is 0 Å². The Kier molecular flexibility index (Phi) is 5.41. The number of rotatable bonds is 9. The zero-order valence-corrected chi connectivity index (χ0v) is 12.3. The molecule has 0 heterocycles. The van der Waals surface area contributed by atoms with Crippen molar-refractivity contribution in [3.63, 3.8) is 0 Å². The summed E-state index contributed by atoms with van der Waals surface area (Å²) in [6.45, 7) is 4.24. The molecule has 0 aliphatic heterocycles. The molecule has 110 valence electrons. The van der Waals surface area contributed by atoms with Crippen molar-refractivity contribution < 1.29 is 4.79 Å². The average Bonchev–Trinajstić information content (AvgIpc) is 3.25. The number of nitrogens with two attached hydrogens (primary N) is 1. The van der Waals surface area contributed by atoms with Crippen LogP contribution in [0.4, 0.5) is 5.69 Å². The summed E-state index contributed by atoms with van der Waals surface area (Å²) in [5.41, 5.74) is 7.69. The van der Waals surface area contributed by atoms with Gasteiger partial charge in [-0.25, -0.2) is 0 Å². The minimum atomic E-state index is -0.277. The van der Waals surface area contributed by atoms with Gasteiger partial charge in [0.2, 0.25) is 5.91 Å². The molecule has 0 aromatic heterocycles. The Morgan fingerprint density at radius 1 is 1.35 bits per heavy atom. The maximum absolute atomic E-state index is 11.2. The van der Waals surface area contributed by atoms with E-state index in [1.165, 1.54) is 18.4 Å². The number of unbranched alkanes of at least 4 members (excludes halogenated alkanes) is 1. The molecule has 0 saturated heterocycles. The number of benzene rings is 1. The van der Waals surface area contributed by atoms with Crippen molar-refractivity contribution in [2.24, 2.45) is 5.73 Å². The number of hydrogen-bond acceptors (Lipinski definition) is 3. The summed E-state index contributed by atoms with van der Waals surface area (Å²) in [5, 5.41) is 3.50. The van der Waals surface area contributed by atoms with Gasteiger partial charge in [-0.15, -0.1) is 0 Å². The predicted molar refractivity (Wildman–Crippen MR) is 82.6 cm³/mol. The van der Waals surface area contributed by atoms with Gasteiger partial charge in [0.05, 0.1) is 6.54 Å². The molecule has 1 aliphatic rings. The molecule has 0 bridgehead atoms. The van der Waals surface area contributed by atoms with Crippen LogP contribution in [-0.4, -0.2) is 25.0 Å². The van der Waals surface area contributed by atoms with Gasteiger partial charge in [-0.05, 0) is 37.0 Å². The molecule has 20 heavy (non-hydrogen) atoms. The number of primary amides is 1. The Balaban J connectivity index is 1.93. The van der Waals surface area contributed by atoms with Crippen LogP contribution in [0, 0.1) is 0 Å². The van der Waals surface area contributed by atoms with Crippen molar-refractivity contribution in [1.82, 2.24) is 5.32 Å². The Labute approximate surface area is 121 Å². The van der Waals surface area contributed by atoms with Crippen molar-refractivity contribution >= 4 is 11.6 Å². The van der Waals surface area contributed by atoms with E-state index in [4.69, 9.17) is 5.73 Å². The molecule has 2 rings (SSSR count). The van der Waals surface area contributed by atoms with Crippen LogP contribution in [0.15, 0.2) is 24.3 Å². The fourth-order valence-corrected chi connectivity index (χ4v) is 2.21. The molecule has 0 radical (unpaired) electrons. The summed E-state index contributed by atoms with van der Waals surface area (Å²) < 4.78 is 0. The molecule has 3 N–H and O–H groups in total. The topological polar surface area (TPSA) is 58.4 Å². The minimum absolute atomic E-state index is 0.277. The zero-order valence-electron chi connectivity index (χ0n) is 12.3.